The third kappa shape index (κ3) is 3.23. The first-order chi connectivity index (χ1) is 8.86. The zero-order chi connectivity index (χ0) is 12.8. The molecule has 0 unspecified atom stereocenters. The van der Waals surface area contributed by atoms with E-state index >= 15 is 0 Å². The fourth-order valence-corrected chi connectivity index (χ4v) is 2.66. The van der Waals surface area contributed by atoms with Crippen LogP contribution >= 0.6 is 22.6 Å². The molecule has 0 aliphatic heterocycles. The Morgan fingerprint density at radius 3 is 2.89 bits per heavy atom. The van der Waals surface area contributed by atoms with Crippen LogP contribution in [0.15, 0.2) is 24.3 Å². The zero-order valence-electron chi connectivity index (χ0n) is 10.8. The number of benzene rings is 1. The molecule has 18 heavy (non-hydrogen) atoms. The Morgan fingerprint density at radius 2 is 2.11 bits per heavy atom. The zero-order valence-corrected chi connectivity index (χ0v) is 13.0. The summed E-state index contributed by atoms with van der Waals surface area (Å²) in [6, 6.07) is 8.47. The lowest BCUT2D eigenvalue weighted by Gasteiger charge is -2.01. The summed E-state index contributed by atoms with van der Waals surface area (Å²) in [5, 5.41) is 9.44. The summed E-state index contributed by atoms with van der Waals surface area (Å²) in [5.41, 5.74) is 2.41. The highest BCUT2D eigenvalue weighted by molar-refractivity contribution is 14.1. The average molecular weight is 357 g/mol. The second kappa shape index (κ2) is 7.09. The third-order valence-corrected chi connectivity index (χ3v) is 3.83. The summed E-state index contributed by atoms with van der Waals surface area (Å²) in [5.74, 6) is 0. The monoisotopic (exact) mass is 357 g/mol. The van der Waals surface area contributed by atoms with Crippen LogP contribution in [-0.4, -0.2) is 20.8 Å². The van der Waals surface area contributed by atoms with E-state index in [1.807, 2.05) is 0 Å². The van der Waals surface area contributed by atoms with Crippen molar-refractivity contribution in [3.8, 4) is 0 Å². The predicted octanol–water partition coefficient (Wildman–Crippen LogP) is 3.36. The van der Waals surface area contributed by atoms with Crippen molar-refractivity contribution in [3.63, 3.8) is 0 Å². The molecule has 0 fully saturated rings. The van der Waals surface area contributed by atoms with E-state index in [9.17, 15) is 0 Å². The lowest BCUT2D eigenvalue weighted by Crippen LogP contribution is -2.15. The normalized spacial score (nSPS) is 11.2. The third-order valence-electron chi connectivity index (χ3n) is 3.06. The molecule has 1 heterocycles. The number of hydrogen-bond acceptors (Lipinski definition) is 2. The Kier molecular flexibility index (Phi) is 5.44. The maximum Gasteiger partial charge on any atom is 0.0841 e. The minimum atomic E-state index is 0.870. The minimum Gasteiger partial charge on any atom is -0.311 e. The lowest BCUT2D eigenvalue weighted by atomic mass is 10.2. The quantitative estimate of drug-likeness (QED) is 0.468. The first kappa shape index (κ1) is 13.8. The van der Waals surface area contributed by atoms with Crippen molar-refractivity contribution in [1.29, 1.82) is 0 Å². The predicted molar refractivity (Wildman–Crippen MR) is 85.2 cm³/mol. The molecule has 0 aliphatic rings. The number of aromatic nitrogens is 2. The van der Waals surface area contributed by atoms with Gasteiger partial charge in [0.1, 0.15) is 0 Å². The Balaban J connectivity index is 2.04. The summed E-state index contributed by atoms with van der Waals surface area (Å²) in [4.78, 5) is 0. The number of nitrogens with one attached hydrogen (secondary N) is 1. The molecule has 0 bridgehead atoms. The number of aryl methyl sites for hydroxylation is 1. The topological polar surface area (TPSA) is 29.9 Å². The van der Waals surface area contributed by atoms with Gasteiger partial charge in [0.2, 0.25) is 0 Å². The van der Waals surface area contributed by atoms with Crippen molar-refractivity contribution >= 4 is 33.5 Å². The second-order valence-corrected chi connectivity index (χ2v) is 5.43. The molecular formula is C14H20IN3. The van der Waals surface area contributed by atoms with Gasteiger partial charge in [0, 0.05) is 18.5 Å². The van der Waals surface area contributed by atoms with Gasteiger partial charge in [-0.3, -0.25) is 4.68 Å². The molecule has 0 saturated heterocycles. The van der Waals surface area contributed by atoms with Crippen LogP contribution in [0.3, 0.4) is 0 Å². The molecule has 0 atom stereocenters. The van der Waals surface area contributed by atoms with Gasteiger partial charge in [-0.25, -0.2) is 0 Å². The number of para-hydroxylation sites is 1. The van der Waals surface area contributed by atoms with Crippen LogP contribution in [0.4, 0.5) is 0 Å². The standard InChI is InChI=1S/C14H20IN3/c1-2-18-14-8-4-3-7-12(14)13(17-18)11-16-10-6-5-9-15/h3-4,7-8,16H,2,5-6,9-11H2,1H3. The van der Waals surface area contributed by atoms with Gasteiger partial charge in [-0.05, 0) is 36.8 Å². The van der Waals surface area contributed by atoms with Crippen LogP contribution in [-0.2, 0) is 13.1 Å². The molecule has 0 amide bonds. The fourth-order valence-electron chi connectivity index (χ4n) is 2.12. The SMILES string of the molecule is CCn1nc(CNCCCCI)c2ccccc21. The van der Waals surface area contributed by atoms with Gasteiger partial charge in [0.15, 0.2) is 0 Å². The fraction of sp³-hybridized carbons (Fsp3) is 0.500. The van der Waals surface area contributed by atoms with Gasteiger partial charge in [0.25, 0.3) is 0 Å². The van der Waals surface area contributed by atoms with Gasteiger partial charge < -0.3 is 5.32 Å². The van der Waals surface area contributed by atoms with Crippen LogP contribution in [0.25, 0.3) is 10.9 Å². The van der Waals surface area contributed by atoms with E-state index in [1.54, 1.807) is 0 Å². The molecule has 1 N–H and O–H groups in total. The number of halogens is 1. The smallest absolute Gasteiger partial charge is 0.0841 e. The average Bonchev–Trinajstić information content (AvgIpc) is 2.77. The molecule has 1 aromatic carbocycles. The molecule has 4 heteroatoms. The van der Waals surface area contributed by atoms with Crippen LogP contribution in [0.1, 0.15) is 25.5 Å². The van der Waals surface area contributed by atoms with Gasteiger partial charge in [-0.15, -0.1) is 0 Å². The lowest BCUT2D eigenvalue weighted by molar-refractivity contribution is 0.614. The number of unbranched alkanes of at least 4 members (excludes halogenated alkanes) is 1. The first-order valence-corrected chi connectivity index (χ1v) is 8.10. The molecule has 2 rings (SSSR count). The highest BCUT2D eigenvalue weighted by Gasteiger charge is 2.07. The number of hydrogen-bond donors (Lipinski definition) is 1. The molecule has 0 aliphatic carbocycles. The molecular weight excluding hydrogens is 337 g/mol. The van der Waals surface area contributed by atoms with Gasteiger partial charge >= 0.3 is 0 Å². The van der Waals surface area contributed by atoms with E-state index < -0.39 is 0 Å². The van der Waals surface area contributed by atoms with Crippen molar-refractivity contribution in [3.05, 3.63) is 30.0 Å². The molecule has 98 valence electrons. The van der Waals surface area contributed by atoms with Crippen LogP contribution < -0.4 is 5.32 Å². The van der Waals surface area contributed by atoms with E-state index in [0.717, 1.165) is 19.6 Å². The number of fused-ring (bicyclic) bond motifs is 1. The maximum atomic E-state index is 4.68. The van der Waals surface area contributed by atoms with Gasteiger partial charge in [-0.2, -0.15) is 5.10 Å². The highest BCUT2D eigenvalue weighted by atomic mass is 127. The van der Waals surface area contributed by atoms with Crippen molar-refractivity contribution < 1.29 is 0 Å². The molecule has 3 nitrogen and oxygen atoms in total. The highest BCUT2D eigenvalue weighted by Crippen LogP contribution is 2.18. The molecule has 1 aromatic heterocycles. The van der Waals surface area contributed by atoms with E-state index in [1.165, 1.54) is 33.9 Å². The Bertz CT molecular complexity index is 493. The van der Waals surface area contributed by atoms with E-state index in [2.05, 4.69) is 68.9 Å². The van der Waals surface area contributed by atoms with Crippen molar-refractivity contribution in [2.24, 2.45) is 0 Å². The number of rotatable bonds is 7. The molecule has 0 saturated carbocycles. The Hall–Kier alpha value is -0.620. The van der Waals surface area contributed by atoms with E-state index in [4.69, 9.17) is 0 Å². The largest absolute Gasteiger partial charge is 0.311 e. The molecule has 2 aromatic rings. The maximum absolute atomic E-state index is 4.68. The van der Waals surface area contributed by atoms with Crippen LogP contribution in [0, 0.1) is 0 Å². The summed E-state index contributed by atoms with van der Waals surface area (Å²) < 4.78 is 3.32. The Morgan fingerprint density at radius 1 is 1.28 bits per heavy atom. The van der Waals surface area contributed by atoms with Crippen LogP contribution in [0.5, 0.6) is 0 Å². The second-order valence-electron chi connectivity index (χ2n) is 4.35. The molecule has 0 radical (unpaired) electrons. The number of alkyl halides is 1. The van der Waals surface area contributed by atoms with E-state index in [-0.39, 0.29) is 0 Å². The summed E-state index contributed by atoms with van der Waals surface area (Å²) in [6.45, 7) is 5.01. The van der Waals surface area contributed by atoms with E-state index in [0.29, 0.717) is 0 Å². The first-order valence-electron chi connectivity index (χ1n) is 6.58. The van der Waals surface area contributed by atoms with Crippen molar-refractivity contribution in [1.82, 2.24) is 15.1 Å². The Labute approximate surface area is 122 Å². The molecule has 0 spiro atoms. The van der Waals surface area contributed by atoms with Crippen LogP contribution in [0.2, 0.25) is 0 Å². The summed E-state index contributed by atoms with van der Waals surface area (Å²) in [7, 11) is 0. The van der Waals surface area contributed by atoms with Crippen molar-refractivity contribution in [2.75, 3.05) is 11.0 Å². The summed E-state index contributed by atoms with van der Waals surface area (Å²) >= 11 is 2.43. The van der Waals surface area contributed by atoms with Crippen molar-refractivity contribution in [2.45, 2.75) is 32.9 Å². The minimum absolute atomic E-state index is 0.870. The number of nitrogens with zero attached hydrogens (tertiary/aromatic N) is 2. The van der Waals surface area contributed by atoms with Gasteiger partial charge in [-0.1, -0.05) is 40.8 Å². The summed E-state index contributed by atoms with van der Waals surface area (Å²) in [6.07, 6.45) is 2.53. The van der Waals surface area contributed by atoms with Gasteiger partial charge in [0.05, 0.1) is 11.2 Å².